The molecule has 0 spiro atoms. The highest BCUT2D eigenvalue weighted by atomic mass is 32.1. The van der Waals surface area contributed by atoms with Crippen molar-refractivity contribution < 1.29 is 23.7 Å². The standard InChI is InChI=1S/C23H22N4O5S/c1-29-16-7-5-6-15(12-16)17-13-33-23-25-22(26-27(17)23)24-20(28)9-8-14-10-18(30-2)21(32-4)19(11-14)31-3/h5-13H,1-4H3,(H,24,26,28)/b9-8+. The number of carbonyl (C=O) groups is 1. The van der Waals surface area contributed by atoms with Gasteiger partial charge in [-0.3, -0.25) is 10.1 Å². The Labute approximate surface area is 194 Å². The van der Waals surface area contributed by atoms with Gasteiger partial charge in [-0.15, -0.1) is 16.4 Å². The van der Waals surface area contributed by atoms with E-state index in [4.69, 9.17) is 18.9 Å². The van der Waals surface area contributed by atoms with Gasteiger partial charge in [0.2, 0.25) is 10.7 Å². The Hall–Kier alpha value is -4.05. The highest BCUT2D eigenvalue weighted by molar-refractivity contribution is 7.15. The number of ether oxygens (including phenoxy) is 4. The lowest BCUT2D eigenvalue weighted by Crippen LogP contribution is -2.09. The number of methoxy groups -OCH3 is 4. The molecule has 0 atom stereocenters. The Morgan fingerprint density at radius 1 is 1.03 bits per heavy atom. The van der Waals surface area contributed by atoms with Gasteiger partial charge in [-0.2, -0.15) is 4.98 Å². The first-order valence-electron chi connectivity index (χ1n) is 9.84. The number of aromatic nitrogens is 3. The van der Waals surface area contributed by atoms with Gasteiger partial charge in [0.05, 0.1) is 34.1 Å². The number of carbonyl (C=O) groups excluding carboxylic acids is 1. The summed E-state index contributed by atoms with van der Waals surface area (Å²) in [7, 11) is 6.23. The fourth-order valence-electron chi connectivity index (χ4n) is 3.24. The van der Waals surface area contributed by atoms with E-state index in [9.17, 15) is 4.79 Å². The molecular formula is C23H22N4O5S. The summed E-state index contributed by atoms with van der Waals surface area (Å²) < 4.78 is 23.0. The van der Waals surface area contributed by atoms with E-state index in [1.54, 1.807) is 29.8 Å². The number of thiazole rings is 1. The Morgan fingerprint density at radius 3 is 2.45 bits per heavy atom. The van der Waals surface area contributed by atoms with Crippen LogP contribution < -0.4 is 24.3 Å². The van der Waals surface area contributed by atoms with Gasteiger partial charge in [0.25, 0.3) is 11.9 Å². The average Bonchev–Trinajstić information content (AvgIpc) is 3.42. The van der Waals surface area contributed by atoms with E-state index >= 15 is 0 Å². The Bertz CT molecular complexity index is 1300. The summed E-state index contributed by atoms with van der Waals surface area (Å²) in [5, 5.41) is 9.08. The zero-order valence-corrected chi connectivity index (χ0v) is 19.3. The summed E-state index contributed by atoms with van der Waals surface area (Å²) in [6, 6.07) is 11.2. The van der Waals surface area contributed by atoms with Crippen molar-refractivity contribution in [1.82, 2.24) is 14.6 Å². The predicted molar refractivity (Wildman–Crippen MR) is 127 cm³/mol. The lowest BCUT2D eigenvalue weighted by molar-refractivity contribution is -0.111. The van der Waals surface area contributed by atoms with Crippen molar-refractivity contribution in [3.63, 3.8) is 0 Å². The monoisotopic (exact) mass is 466 g/mol. The van der Waals surface area contributed by atoms with Crippen LogP contribution in [0.4, 0.5) is 5.95 Å². The minimum atomic E-state index is -0.370. The molecule has 4 aromatic rings. The van der Waals surface area contributed by atoms with Gasteiger partial charge in [0.15, 0.2) is 11.5 Å². The molecule has 1 N–H and O–H groups in total. The van der Waals surface area contributed by atoms with E-state index in [0.29, 0.717) is 27.8 Å². The number of benzene rings is 2. The van der Waals surface area contributed by atoms with Gasteiger partial charge in [-0.1, -0.05) is 12.1 Å². The molecule has 2 aromatic carbocycles. The van der Waals surface area contributed by atoms with E-state index in [0.717, 1.165) is 17.0 Å². The molecule has 0 unspecified atom stereocenters. The summed E-state index contributed by atoms with van der Waals surface area (Å²) in [5.74, 6) is 2.07. The van der Waals surface area contributed by atoms with Gasteiger partial charge < -0.3 is 18.9 Å². The maximum atomic E-state index is 12.5. The molecule has 2 aromatic heterocycles. The van der Waals surface area contributed by atoms with Crippen LogP contribution in [0.2, 0.25) is 0 Å². The molecule has 0 saturated heterocycles. The van der Waals surface area contributed by atoms with Crippen LogP contribution in [0, 0.1) is 0 Å². The molecule has 170 valence electrons. The van der Waals surface area contributed by atoms with Crippen molar-refractivity contribution in [1.29, 1.82) is 0 Å². The first-order valence-corrected chi connectivity index (χ1v) is 10.7. The lowest BCUT2D eigenvalue weighted by Gasteiger charge is -2.12. The second-order valence-electron chi connectivity index (χ2n) is 6.76. The molecule has 1 amide bonds. The number of hydrogen-bond donors (Lipinski definition) is 1. The number of nitrogens with one attached hydrogen (secondary N) is 1. The minimum Gasteiger partial charge on any atom is -0.497 e. The van der Waals surface area contributed by atoms with Crippen molar-refractivity contribution in [3.05, 3.63) is 53.4 Å². The van der Waals surface area contributed by atoms with Gasteiger partial charge in [0.1, 0.15) is 5.75 Å². The van der Waals surface area contributed by atoms with Crippen molar-refractivity contribution in [2.45, 2.75) is 0 Å². The predicted octanol–water partition coefficient (Wildman–Crippen LogP) is 4.14. The SMILES string of the molecule is COc1cccc(-c2csc3nc(NC(=O)/C=C/c4cc(OC)c(OC)c(OC)c4)nn23)c1. The van der Waals surface area contributed by atoms with Gasteiger partial charge >= 0.3 is 0 Å². The maximum Gasteiger partial charge on any atom is 0.250 e. The number of hydrogen-bond acceptors (Lipinski definition) is 8. The van der Waals surface area contributed by atoms with Crippen LogP contribution in [0.25, 0.3) is 22.3 Å². The molecular weight excluding hydrogens is 444 g/mol. The highest BCUT2D eigenvalue weighted by Gasteiger charge is 2.14. The van der Waals surface area contributed by atoms with E-state index in [1.165, 1.54) is 38.7 Å². The smallest absolute Gasteiger partial charge is 0.250 e. The summed E-state index contributed by atoms with van der Waals surface area (Å²) in [5.41, 5.74) is 2.50. The molecule has 0 aliphatic carbocycles. The van der Waals surface area contributed by atoms with Crippen LogP contribution in [0.3, 0.4) is 0 Å². The third-order valence-electron chi connectivity index (χ3n) is 4.80. The summed E-state index contributed by atoms with van der Waals surface area (Å²) in [6.07, 6.45) is 3.03. The van der Waals surface area contributed by atoms with E-state index < -0.39 is 0 Å². The Balaban J connectivity index is 1.53. The molecule has 10 heteroatoms. The number of anilines is 1. The van der Waals surface area contributed by atoms with Crippen molar-refractivity contribution in [2.75, 3.05) is 33.8 Å². The Morgan fingerprint density at radius 2 is 1.79 bits per heavy atom. The summed E-state index contributed by atoms with van der Waals surface area (Å²) in [6.45, 7) is 0. The second kappa shape index (κ2) is 9.61. The minimum absolute atomic E-state index is 0.213. The number of fused-ring (bicyclic) bond motifs is 1. The Kier molecular flexibility index (Phi) is 6.45. The third kappa shape index (κ3) is 4.60. The zero-order valence-electron chi connectivity index (χ0n) is 18.5. The topological polar surface area (TPSA) is 96.2 Å². The average molecular weight is 467 g/mol. The van der Waals surface area contributed by atoms with Crippen molar-refractivity contribution >= 4 is 34.2 Å². The van der Waals surface area contributed by atoms with Crippen LogP contribution >= 0.6 is 11.3 Å². The van der Waals surface area contributed by atoms with Crippen molar-refractivity contribution in [3.8, 4) is 34.3 Å². The molecule has 0 bridgehead atoms. The number of amides is 1. The van der Waals surface area contributed by atoms with Crippen LogP contribution in [-0.4, -0.2) is 48.9 Å². The first kappa shape index (κ1) is 22.2. The van der Waals surface area contributed by atoms with Crippen molar-refractivity contribution in [2.24, 2.45) is 0 Å². The largest absolute Gasteiger partial charge is 0.497 e. The fraction of sp³-hybridized carbons (Fsp3) is 0.174. The van der Waals surface area contributed by atoms with Gasteiger partial charge in [-0.25, -0.2) is 4.52 Å². The molecule has 9 nitrogen and oxygen atoms in total. The maximum absolute atomic E-state index is 12.5. The summed E-state index contributed by atoms with van der Waals surface area (Å²) in [4.78, 5) is 17.5. The molecule has 2 heterocycles. The number of rotatable bonds is 8. The fourth-order valence-corrected chi connectivity index (χ4v) is 4.07. The zero-order chi connectivity index (χ0) is 23.4. The summed E-state index contributed by atoms with van der Waals surface area (Å²) >= 11 is 1.43. The highest BCUT2D eigenvalue weighted by Crippen LogP contribution is 2.38. The molecule has 0 aliphatic heterocycles. The molecule has 33 heavy (non-hydrogen) atoms. The normalized spacial score (nSPS) is 11.0. The quantitative estimate of drug-likeness (QED) is 0.390. The van der Waals surface area contributed by atoms with E-state index in [1.807, 2.05) is 29.6 Å². The lowest BCUT2D eigenvalue weighted by atomic mass is 10.1. The molecule has 0 radical (unpaired) electrons. The van der Waals surface area contributed by atoms with Crippen LogP contribution in [-0.2, 0) is 4.79 Å². The van der Waals surface area contributed by atoms with Crippen LogP contribution in [0.1, 0.15) is 5.56 Å². The number of nitrogens with zero attached hydrogens (tertiary/aromatic N) is 3. The molecule has 0 aliphatic rings. The first-order chi connectivity index (χ1) is 16.1. The van der Waals surface area contributed by atoms with E-state index in [-0.39, 0.29) is 11.9 Å². The molecule has 0 saturated carbocycles. The third-order valence-corrected chi connectivity index (χ3v) is 5.61. The van der Waals surface area contributed by atoms with Gasteiger partial charge in [-0.05, 0) is 35.9 Å². The molecule has 0 fully saturated rings. The van der Waals surface area contributed by atoms with Gasteiger partial charge in [0, 0.05) is 17.0 Å². The van der Waals surface area contributed by atoms with Crippen LogP contribution in [0.15, 0.2) is 47.9 Å². The van der Waals surface area contributed by atoms with Crippen LogP contribution in [0.5, 0.6) is 23.0 Å². The second-order valence-corrected chi connectivity index (χ2v) is 7.60. The van der Waals surface area contributed by atoms with E-state index in [2.05, 4.69) is 15.4 Å². The molecule has 4 rings (SSSR count).